The van der Waals surface area contributed by atoms with Crippen molar-refractivity contribution >= 4 is 28.0 Å². The van der Waals surface area contributed by atoms with Gasteiger partial charge in [-0.05, 0) is 63.4 Å². The Kier molecular flexibility index (Phi) is 5.83. The summed E-state index contributed by atoms with van der Waals surface area (Å²) < 4.78 is 2.28. The van der Waals surface area contributed by atoms with Gasteiger partial charge in [0.15, 0.2) is 0 Å². The second-order valence-corrected chi connectivity index (χ2v) is 9.42. The van der Waals surface area contributed by atoms with E-state index in [0.717, 1.165) is 79.3 Å². The van der Waals surface area contributed by atoms with Gasteiger partial charge in [-0.15, -0.1) is 0 Å². The Morgan fingerprint density at radius 3 is 2.75 bits per heavy atom. The average molecular weight is 435 g/mol. The van der Waals surface area contributed by atoms with E-state index in [1.54, 1.807) is 6.20 Å². The molecule has 168 valence electrons. The van der Waals surface area contributed by atoms with Crippen molar-refractivity contribution in [2.24, 2.45) is 5.92 Å². The van der Waals surface area contributed by atoms with E-state index in [1.165, 1.54) is 0 Å². The summed E-state index contributed by atoms with van der Waals surface area (Å²) in [6.07, 6.45) is 11.4. The number of aliphatic hydroxyl groups excluding tert-OH is 1. The van der Waals surface area contributed by atoms with E-state index in [-0.39, 0.29) is 30.5 Å². The van der Waals surface area contributed by atoms with Gasteiger partial charge in [-0.1, -0.05) is 0 Å². The first-order valence-corrected chi connectivity index (χ1v) is 11.8. The predicted octanol–water partition coefficient (Wildman–Crippen LogP) is 3.52. The molecule has 3 aromatic heterocycles. The Morgan fingerprint density at radius 2 is 2.00 bits per heavy atom. The zero-order valence-corrected chi connectivity index (χ0v) is 18.3. The first-order valence-electron chi connectivity index (χ1n) is 11.8. The molecule has 8 nitrogen and oxygen atoms in total. The zero-order valence-electron chi connectivity index (χ0n) is 18.3. The second-order valence-electron chi connectivity index (χ2n) is 9.42. The summed E-state index contributed by atoms with van der Waals surface area (Å²) >= 11 is 0. The molecule has 8 heteroatoms. The quantitative estimate of drug-likeness (QED) is 0.567. The van der Waals surface area contributed by atoms with Crippen molar-refractivity contribution in [1.29, 1.82) is 5.26 Å². The number of fused-ring (bicyclic) bond motifs is 3. The number of carbonyl (C=O) groups is 1. The number of nitrogens with zero attached hydrogens (tertiary/aromatic N) is 4. The van der Waals surface area contributed by atoms with Gasteiger partial charge in [0.05, 0.1) is 30.3 Å². The van der Waals surface area contributed by atoms with E-state index in [9.17, 15) is 9.90 Å². The molecule has 0 radical (unpaired) electrons. The van der Waals surface area contributed by atoms with E-state index >= 15 is 0 Å². The van der Waals surface area contributed by atoms with Gasteiger partial charge in [-0.2, -0.15) is 5.26 Å². The maximum atomic E-state index is 12.9. The van der Waals surface area contributed by atoms with Gasteiger partial charge in [0.2, 0.25) is 5.91 Å². The Hall–Kier alpha value is -2.92. The zero-order chi connectivity index (χ0) is 22.1. The molecule has 1 amide bonds. The summed E-state index contributed by atoms with van der Waals surface area (Å²) in [5.41, 5.74) is 2.69. The first-order chi connectivity index (χ1) is 15.6. The normalized spacial score (nSPS) is 26.2. The minimum atomic E-state index is -0.236. The van der Waals surface area contributed by atoms with Crippen LogP contribution in [0.2, 0.25) is 0 Å². The average Bonchev–Trinajstić information content (AvgIpc) is 3.40. The van der Waals surface area contributed by atoms with Gasteiger partial charge in [-0.25, -0.2) is 9.97 Å². The van der Waals surface area contributed by atoms with Gasteiger partial charge in [0.25, 0.3) is 0 Å². The highest BCUT2D eigenvalue weighted by molar-refractivity contribution is 6.01. The van der Waals surface area contributed by atoms with Crippen LogP contribution in [-0.4, -0.2) is 42.7 Å². The molecule has 0 unspecified atom stereocenters. The molecule has 2 saturated carbocycles. The number of aromatic amines is 1. The Labute approximate surface area is 187 Å². The first kappa shape index (κ1) is 21.0. The van der Waals surface area contributed by atoms with E-state index in [1.807, 2.05) is 12.3 Å². The molecule has 0 aromatic carbocycles. The summed E-state index contributed by atoms with van der Waals surface area (Å²) in [7, 11) is 0. The van der Waals surface area contributed by atoms with Crippen LogP contribution in [0.15, 0.2) is 18.5 Å². The van der Waals surface area contributed by atoms with Gasteiger partial charge >= 0.3 is 0 Å². The number of nitrogens with one attached hydrogen (secondary N) is 2. The molecule has 3 N–H and O–H groups in total. The van der Waals surface area contributed by atoms with Crippen LogP contribution in [0.25, 0.3) is 22.1 Å². The molecule has 32 heavy (non-hydrogen) atoms. The number of imidazole rings is 1. The lowest BCUT2D eigenvalue weighted by atomic mass is 9.84. The van der Waals surface area contributed by atoms with Gasteiger partial charge in [0.1, 0.15) is 17.0 Å². The number of H-pyrrole nitrogens is 1. The monoisotopic (exact) mass is 434 g/mol. The number of pyridine rings is 1. The van der Waals surface area contributed by atoms with Crippen LogP contribution in [0.5, 0.6) is 0 Å². The fourth-order valence-corrected chi connectivity index (χ4v) is 5.54. The van der Waals surface area contributed by atoms with E-state index in [2.05, 4.69) is 25.9 Å². The van der Waals surface area contributed by atoms with Crippen molar-refractivity contribution < 1.29 is 9.90 Å². The molecule has 2 aliphatic rings. The lowest BCUT2D eigenvalue weighted by Crippen LogP contribution is -2.39. The summed E-state index contributed by atoms with van der Waals surface area (Å²) in [4.78, 5) is 25.5. The molecule has 0 atom stereocenters. The third kappa shape index (κ3) is 4.09. The topological polar surface area (TPSA) is 120 Å². The molecule has 3 heterocycles. The summed E-state index contributed by atoms with van der Waals surface area (Å²) in [6, 6.07) is 4.74. The number of aromatic nitrogens is 4. The van der Waals surface area contributed by atoms with Crippen LogP contribution in [-0.2, 0) is 11.2 Å². The highest BCUT2D eigenvalue weighted by atomic mass is 16.3. The number of amides is 1. The van der Waals surface area contributed by atoms with Crippen LogP contribution >= 0.6 is 0 Å². The smallest absolute Gasteiger partial charge is 0.227 e. The number of carbonyl (C=O) groups excluding carboxylic acids is 1. The molecule has 5 rings (SSSR count). The fourth-order valence-electron chi connectivity index (χ4n) is 5.54. The molecule has 0 spiro atoms. The highest BCUT2D eigenvalue weighted by Crippen LogP contribution is 2.38. The van der Waals surface area contributed by atoms with Gasteiger partial charge in [0, 0.05) is 30.1 Å². The SMILES string of the molecule is N#CC[C@H]1CC[C@@H](n2c(CC(=O)N[C@H]3CC[C@@H](O)CC3)nc3cnc4[nH]ccc4c32)CC1. The molecule has 3 aromatic rings. The highest BCUT2D eigenvalue weighted by Gasteiger charge is 2.28. The Bertz CT molecular complexity index is 1140. The molecule has 2 fully saturated rings. The molecule has 2 aliphatic carbocycles. The lowest BCUT2D eigenvalue weighted by Gasteiger charge is -2.30. The largest absolute Gasteiger partial charge is 0.393 e. The second kappa shape index (κ2) is 8.91. The minimum absolute atomic E-state index is 0.0145. The summed E-state index contributed by atoms with van der Waals surface area (Å²) in [5.74, 6) is 1.24. The Morgan fingerprint density at radius 1 is 1.22 bits per heavy atom. The van der Waals surface area contributed by atoms with Crippen LogP contribution < -0.4 is 5.32 Å². The molecule has 0 bridgehead atoms. The van der Waals surface area contributed by atoms with Crippen molar-refractivity contribution in [3.8, 4) is 6.07 Å². The van der Waals surface area contributed by atoms with Crippen molar-refractivity contribution in [3.05, 3.63) is 24.3 Å². The maximum absolute atomic E-state index is 12.9. The predicted molar refractivity (Wildman–Crippen MR) is 121 cm³/mol. The third-order valence-corrected chi connectivity index (χ3v) is 7.25. The van der Waals surface area contributed by atoms with Crippen LogP contribution in [0.1, 0.15) is 69.7 Å². The lowest BCUT2D eigenvalue weighted by molar-refractivity contribution is -0.121. The van der Waals surface area contributed by atoms with Crippen LogP contribution in [0.3, 0.4) is 0 Å². The van der Waals surface area contributed by atoms with Crippen molar-refractivity contribution in [3.63, 3.8) is 0 Å². The fraction of sp³-hybridized carbons (Fsp3) is 0.583. The van der Waals surface area contributed by atoms with Gasteiger partial charge in [-0.3, -0.25) is 4.79 Å². The summed E-state index contributed by atoms with van der Waals surface area (Å²) in [5, 5.41) is 23.0. The van der Waals surface area contributed by atoms with E-state index in [4.69, 9.17) is 10.2 Å². The third-order valence-electron chi connectivity index (χ3n) is 7.25. The molecular formula is C24H30N6O2. The maximum Gasteiger partial charge on any atom is 0.227 e. The number of hydrogen-bond donors (Lipinski definition) is 3. The number of rotatable bonds is 5. The van der Waals surface area contributed by atoms with Crippen LogP contribution in [0, 0.1) is 17.2 Å². The summed E-state index contributed by atoms with van der Waals surface area (Å²) in [6.45, 7) is 0. The standard InChI is InChI=1S/C24H30N6O2/c25-11-9-15-1-5-17(6-2-15)30-21(13-22(32)28-16-3-7-18(31)8-4-16)29-20-14-27-24-19(23(20)30)10-12-26-24/h10,12,14-18,31H,1-9,13H2,(H,26,27)(H,28,32)/t15-,16-,17+,18+. The Balaban J connectivity index is 1.43. The van der Waals surface area contributed by atoms with Crippen molar-refractivity contribution in [1.82, 2.24) is 24.8 Å². The van der Waals surface area contributed by atoms with E-state index in [0.29, 0.717) is 12.3 Å². The minimum Gasteiger partial charge on any atom is -0.393 e. The molecular weight excluding hydrogens is 404 g/mol. The van der Waals surface area contributed by atoms with E-state index < -0.39 is 0 Å². The molecule has 0 saturated heterocycles. The number of aliphatic hydroxyl groups is 1. The van der Waals surface area contributed by atoms with Gasteiger partial charge < -0.3 is 20.0 Å². The van der Waals surface area contributed by atoms with Crippen LogP contribution in [0.4, 0.5) is 0 Å². The van der Waals surface area contributed by atoms with Crippen molar-refractivity contribution in [2.75, 3.05) is 0 Å². The van der Waals surface area contributed by atoms with Crippen molar-refractivity contribution in [2.45, 2.75) is 82.4 Å². The number of nitriles is 1. The molecule has 0 aliphatic heterocycles. The number of hydrogen-bond acceptors (Lipinski definition) is 5.